The van der Waals surface area contributed by atoms with Gasteiger partial charge in [0.1, 0.15) is 23.1 Å². The number of aromatic nitrogens is 1. The van der Waals surface area contributed by atoms with Gasteiger partial charge in [0.15, 0.2) is 0 Å². The molecule has 0 radical (unpaired) electrons. The number of pyridine rings is 1. The number of nitrogens with zero attached hydrogens (tertiary/aromatic N) is 2. The van der Waals surface area contributed by atoms with E-state index in [0.29, 0.717) is 22.0 Å². The number of urea groups is 1. The SMILES string of the molecule is CCc1c(Cl)cccc1-c1cccc(N(C(N)=O)c2c(F)cccc2F)n1. The zero-order valence-corrected chi connectivity index (χ0v) is 15.2. The monoisotopic (exact) mass is 387 g/mol. The molecule has 138 valence electrons. The first-order valence-corrected chi connectivity index (χ1v) is 8.60. The zero-order chi connectivity index (χ0) is 19.6. The van der Waals surface area contributed by atoms with Crippen LogP contribution in [0.2, 0.25) is 5.02 Å². The van der Waals surface area contributed by atoms with Gasteiger partial charge >= 0.3 is 6.03 Å². The maximum atomic E-state index is 14.2. The maximum absolute atomic E-state index is 14.2. The van der Waals surface area contributed by atoms with Crippen LogP contribution in [-0.4, -0.2) is 11.0 Å². The summed E-state index contributed by atoms with van der Waals surface area (Å²) in [6, 6.07) is 12.5. The van der Waals surface area contributed by atoms with Crippen molar-refractivity contribution < 1.29 is 13.6 Å². The summed E-state index contributed by atoms with van der Waals surface area (Å²) in [6.07, 6.45) is 0.669. The standard InChI is InChI=1S/C20H16ClF2N3O/c1-2-12-13(6-3-7-14(12)21)17-10-5-11-18(25-17)26(20(24)27)19-15(22)8-4-9-16(19)23/h3-11H,2H2,1H3,(H2,24,27). The fourth-order valence-corrected chi connectivity index (χ4v) is 3.20. The minimum absolute atomic E-state index is 0.00558. The number of benzene rings is 2. The molecule has 0 saturated carbocycles. The number of carbonyl (C=O) groups excluding carboxylic acids is 1. The Hall–Kier alpha value is -2.99. The number of rotatable bonds is 4. The number of anilines is 2. The Kier molecular flexibility index (Phi) is 5.37. The molecule has 3 aromatic rings. The normalized spacial score (nSPS) is 10.7. The van der Waals surface area contributed by atoms with Gasteiger partial charge in [-0.3, -0.25) is 0 Å². The molecule has 0 saturated heterocycles. The quantitative estimate of drug-likeness (QED) is 0.646. The summed E-state index contributed by atoms with van der Waals surface area (Å²) in [7, 11) is 0. The number of hydrogen-bond acceptors (Lipinski definition) is 2. The van der Waals surface area contributed by atoms with Gasteiger partial charge in [-0.05, 0) is 42.3 Å². The molecule has 3 rings (SSSR count). The van der Waals surface area contributed by atoms with Gasteiger partial charge in [0, 0.05) is 10.6 Å². The Balaban J connectivity index is 2.17. The van der Waals surface area contributed by atoms with Gasteiger partial charge in [0.2, 0.25) is 0 Å². The van der Waals surface area contributed by atoms with E-state index in [-0.39, 0.29) is 5.82 Å². The molecule has 0 aliphatic carbocycles. The predicted octanol–water partition coefficient (Wildman–Crippen LogP) is 5.46. The van der Waals surface area contributed by atoms with E-state index >= 15 is 0 Å². The Morgan fingerprint density at radius 3 is 2.33 bits per heavy atom. The second kappa shape index (κ2) is 7.72. The lowest BCUT2D eigenvalue weighted by atomic mass is 10.0. The van der Waals surface area contributed by atoms with Crippen molar-refractivity contribution in [2.24, 2.45) is 5.73 Å². The van der Waals surface area contributed by atoms with Gasteiger partial charge < -0.3 is 5.73 Å². The minimum Gasteiger partial charge on any atom is -0.351 e. The summed E-state index contributed by atoms with van der Waals surface area (Å²) in [5, 5.41) is 0.592. The average molecular weight is 388 g/mol. The topological polar surface area (TPSA) is 59.2 Å². The highest BCUT2D eigenvalue weighted by atomic mass is 35.5. The largest absolute Gasteiger partial charge is 0.351 e. The number of primary amides is 1. The number of carbonyl (C=O) groups is 1. The third kappa shape index (κ3) is 3.61. The van der Waals surface area contributed by atoms with Gasteiger partial charge in [-0.15, -0.1) is 0 Å². The van der Waals surface area contributed by atoms with Crippen molar-refractivity contribution >= 4 is 29.1 Å². The van der Waals surface area contributed by atoms with Crippen LogP contribution in [0, 0.1) is 11.6 Å². The summed E-state index contributed by atoms with van der Waals surface area (Å²) in [5.41, 5.74) is 6.99. The van der Waals surface area contributed by atoms with Crippen molar-refractivity contribution in [3.8, 4) is 11.3 Å². The summed E-state index contributed by atoms with van der Waals surface area (Å²) in [6.45, 7) is 1.96. The van der Waals surface area contributed by atoms with E-state index in [0.717, 1.165) is 23.3 Å². The molecule has 1 aromatic heterocycles. The van der Waals surface area contributed by atoms with Gasteiger partial charge in [-0.1, -0.05) is 42.8 Å². The summed E-state index contributed by atoms with van der Waals surface area (Å²) >= 11 is 6.26. The third-order valence-corrected chi connectivity index (χ3v) is 4.45. The van der Waals surface area contributed by atoms with E-state index in [1.165, 1.54) is 12.1 Å². The second-order valence-electron chi connectivity index (χ2n) is 5.74. The van der Waals surface area contributed by atoms with Crippen LogP contribution < -0.4 is 10.6 Å². The summed E-state index contributed by atoms with van der Waals surface area (Å²) < 4.78 is 28.4. The second-order valence-corrected chi connectivity index (χ2v) is 6.15. The average Bonchev–Trinajstić information content (AvgIpc) is 2.64. The zero-order valence-electron chi connectivity index (χ0n) is 14.4. The fourth-order valence-electron chi connectivity index (χ4n) is 2.90. The molecule has 0 fully saturated rings. The Morgan fingerprint density at radius 1 is 1.07 bits per heavy atom. The van der Waals surface area contributed by atoms with E-state index in [1.54, 1.807) is 24.3 Å². The van der Waals surface area contributed by atoms with Crippen LogP contribution in [0.3, 0.4) is 0 Å². The molecular weight excluding hydrogens is 372 g/mol. The van der Waals surface area contributed by atoms with Gasteiger partial charge in [0.25, 0.3) is 0 Å². The molecule has 27 heavy (non-hydrogen) atoms. The fraction of sp³-hybridized carbons (Fsp3) is 0.100. The van der Waals surface area contributed by atoms with Crippen molar-refractivity contribution in [3.05, 3.63) is 76.8 Å². The molecule has 2 amide bonds. The molecule has 0 aliphatic rings. The Bertz CT molecular complexity index is 990. The first-order valence-electron chi connectivity index (χ1n) is 8.22. The molecule has 2 N–H and O–H groups in total. The first-order chi connectivity index (χ1) is 12.9. The molecule has 4 nitrogen and oxygen atoms in total. The summed E-state index contributed by atoms with van der Waals surface area (Å²) in [4.78, 5) is 17.1. The Labute approximate surface area is 160 Å². The number of amides is 2. The van der Waals surface area contributed by atoms with Gasteiger partial charge in [-0.2, -0.15) is 0 Å². The highest BCUT2D eigenvalue weighted by Gasteiger charge is 2.24. The molecule has 0 atom stereocenters. The molecule has 0 aliphatic heterocycles. The molecule has 0 bridgehead atoms. The predicted molar refractivity (Wildman–Crippen MR) is 102 cm³/mol. The highest BCUT2D eigenvalue weighted by molar-refractivity contribution is 6.31. The number of hydrogen-bond donors (Lipinski definition) is 1. The molecule has 2 aromatic carbocycles. The van der Waals surface area contributed by atoms with Gasteiger partial charge in [0.05, 0.1) is 5.69 Å². The first kappa shape index (κ1) is 18.8. The number of nitrogens with two attached hydrogens (primary N) is 1. The van der Waals surface area contributed by atoms with Crippen LogP contribution in [0.4, 0.5) is 25.1 Å². The van der Waals surface area contributed by atoms with E-state index in [9.17, 15) is 13.6 Å². The lowest BCUT2D eigenvalue weighted by molar-refractivity contribution is 0.255. The molecule has 0 spiro atoms. The van der Waals surface area contributed by atoms with E-state index in [1.807, 2.05) is 13.0 Å². The van der Waals surface area contributed by atoms with E-state index < -0.39 is 23.4 Å². The molecule has 0 unspecified atom stereocenters. The van der Waals surface area contributed by atoms with Crippen molar-refractivity contribution in [2.75, 3.05) is 4.90 Å². The highest BCUT2D eigenvalue weighted by Crippen LogP contribution is 2.33. The van der Waals surface area contributed by atoms with Crippen LogP contribution in [0.1, 0.15) is 12.5 Å². The maximum Gasteiger partial charge on any atom is 0.325 e. The summed E-state index contributed by atoms with van der Waals surface area (Å²) in [5.74, 6) is -1.83. The van der Waals surface area contributed by atoms with Crippen LogP contribution >= 0.6 is 11.6 Å². The van der Waals surface area contributed by atoms with Crippen LogP contribution in [0.15, 0.2) is 54.6 Å². The van der Waals surface area contributed by atoms with Crippen molar-refractivity contribution in [1.29, 1.82) is 0 Å². The van der Waals surface area contributed by atoms with Crippen LogP contribution in [-0.2, 0) is 6.42 Å². The Morgan fingerprint density at radius 2 is 1.70 bits per heavy atom. The smallest absolute Gasteiger partial charge is 0.325 e. The molecule has 1 heterocycles. The molecule has 7 heteroatoms. The third-order valence-electron chi connectivity index (χ3n) is 4.09. The number of halogens is 3. The van der Waals surface area contributed by atoms with Gasteiger partial charge in [-0.25, -0.2) is 23.5 Å². The van der Waals surface area contributed by atoms with Crippen molar-refractivity contribution in [1.82, 2.24) is 4.98 Å². The number of para-hydroxylation sites is 1. The van der Waals surface area contributed by atoms with E-state index in [4.69, 9.17) is 17.3 Å². The molecular formula is C20H16ClF2N3O. The lowest BCUT2D eigenvalue weighted by Crippen LogP contribution is -2.33. The van der Waals surface area contributed by atoms with Crippen molar-refractivity contribution in [2.45, 2.75) is 13.3 Å². The van der Waals surface area contributed by atoms with Crippen LogP contribution in [0.25, 0.3) is 11.3 Å². The minimum atomic E-state index is -1.05. The van der Waals surface area contributed by atoms with Crippen molar-refractivity contribution in [3.63, 3.8) is 0 Å². The van der Waals surface area contributed by atoms with Crippen LogP contribution in [0.5, 0.6) is 0 Å². The van der Waals surface area contributed by atoms with E-state index in [2.05, 4.69) is 4.98 Å². The lowest BCUT2D eigenvalue weighted by Gasteiger charge is -2.21.